The molecule has 1 aromatic carbocycles. The Morgan fingerprint density at radius 1 is 1.10 bits per heavy atom. The Bertz CT molecular complexity index is 575. The van der Waals surface area contributed by atoms with Crippen LogP contribution in [0.1, 0.15) is 24.2 Å². The van der Waals surface area contributed by atoms with E-state index in [4.69, 9.17) is 0 Å². The molecule has 0 amide bonds. The third-order valence-corrected chi connectivity index (χ3v) is 3.35. The van der Waals surface area contributed by atoms with Crippen molar-refractivity contribution in [2.75, 3.05) is 0 Å². The first kappa shape index (κ1) is 16.8. The van der Waals surface area contributed by atoms with Crippen molar-refractivity contribution in [3.05, 3.63) is 35.4 Å². The summed E-state index contributed by atoms with van der Waals surface area (Å²) in [5.74, 6) is 0. The Balaban J connectivity index is 3.03. The van der Waals surface area contributed by atoms with Gasteiger partial charge < -0.3 is 0 Å². The fourth-order valence-electron chi connectivity index (χ4n) is 1.27. The van der Waals surface area contributed by atoms with Crippen LogP contribution in [0.5, 0.6) is 0 Å². The molecule has 20 heavy (non-hydrogen) atoms. The highest BCUT2D eigenvalue weighted by Crippen LogP contribution is 2.33. The van der Waals surface area contributed by atoms with Gasteiger partial charge in [0.1, 0.15) is 0 Å². The van der Waals surface area contributed by atoms with Gasteiger partial charge in [-0.05, 0) is 24.6 Å². The van der Waals surface area contributed by atoms with Crippen LogP contribution in [-0.4, -0.2) is 13.9 Å². The zero-order chi connectivity index (χ0) is 15.8. The summed E-state index contributed by atoms with van der Waals surface area (Å²) in [5, 5.41) is 0. The molecule has 3 nitrogen and oxygen atoms in total. The average Bonchev–Trinajstić information content (AvgIpc) is 2.26. The third-order valence-electron chi connectivity index (χ3n) is 2.24. The van der Waals surface area contributed by atoms with E-state index in [1.165, 1.54) is 0 Å². The van der Waals surface area contributed by atoms with Crippen LogP contribution in [0.25, 0.3) is 0 Å². The van der Waals surface area contributed by atoms with Crippen molar-refractivity contribution in [2.24, 2.45) is 0 Å². The third kappa shape index (κ3) is 3.85. The van der Waals surface area contributed by atoms with Gasteiger partial charge in [0.05, 0.1) is 11.7 Å². The van der Waals surface area contributed by atoms with Crippen LogP contribution >= 0.6 is 0 Å². The molecular formula is C10H8F6O3S. The molecule has 0 fully saturated rings. The normalized spacial score (nSPS) is 15.2. The summed E-state index contributed by atoms with van der Waals surface area (Å²) >= 11 is 0. The quantitative estimate of drug-likeness (QED) is 0.485. The van der Waals surface area contributed by atoms with E-state index in [1.54, 1.807) is 0 Å². The fourth-order valence-corrected chi connectivity index (χ4v) is 1.87. The molecule has 0 heterocycles. The van der Waals surface area contributed by atoms with Crippen LogP contribution in [-0.2, 0) is 20.5 Å². The zero-order valence-corrected chi connectivity index (χ0v) is 10.6. The van der Waals surface area contributed by atoms with Crippen LogP contribution in [0, 0.1) is 0 Å². The van der Waals surface area contributed by atoms with Crippen molar-refractivity contribution in [1.82, 2.24) is 0 Å². The van der Waals surface area contributed by atoms with E-state index in [1.807, 2.05) is 0 Å². The lowest BCUT2D eigenvalue weighted by Gasteiger charge is -2.16. The summed E-state index contributed by atoms with van der Waals surface area (Å²) in [6, 6.07) is 3.20. The molecular weight excluding hydrogens is 314 g/mol. The highest BCUT2D eigenvalue weighted by Gasteiger charge is 2.48. The molecule has 10 heteroatoms. The van der Waals surface area contributed by atoms with Crippen molar-refractivity contribution in [3.8, 4) is 0 Å². The van der Waals surface area contributed by atoms with Crippen LogP contribution in [0.3, 0.4) is 0 Å². The maximum atomic E-state index is 12.4. The monoisotopic (exact) mass is 322 g/mol. The Hall–Kier alpha value is -1.29. The summed E-state index contributed by atoms with van der Waals surface area (Å²) in [4.78, 5) is 0. The smallest absolute Gasteiger partial charge is 0.255 e. The summed E-state index contributed by atoms with van der Waals surface area (Å²) in [7, 11) is -5.87. The molecule has 1 unspecified atom stereocenters. The van der Waals surface area contributed by atoms with E-state index in [9.17, 15) is 34.8 Å². The second kappa shape index (κ2) is 5.24. The van der Waals surface area contributed by atoms with Gasteiger partial charge in [0.15, 0.2) is 0 Å². The predicted octanol–water partition coefficient (Wildman–Crippen LogP) is 3.63. The lowest BCUT2D eigenvalue weighted by Crippen LogP contribution is -2.26. The highest BCUT2D eigenvalue weighted by atomic mass is 32.2. The average molecular weight is 322 g/mol. The van der Waals surface area contributed by atoms with E-state index >= 15 is 0 Å². The number of halogens is 6. The van der Waals surface area contributed by atoms with Gasteiger partial charge in [0.25, 0.3) is 0 Å². The molecule has 0 bridgehead atoms. The number of alkyl halides is 6. The molecule has 0 radical (unpaired) electrons. The lowest BCUT2D eigenvalue weighted by molar-refractivity contribution is -0.137. The molecule has 0 saturated carbocycles. The van der Waals surface area contributed by atoms with Gasteiger partial charge in [-0.15, -0.1) is 0 Å². The standard InChI is InChI=1S/C10H8F6O3S/c1-6(19-20(17,18)10(14,15)16)7-3-2-4-8(5-7)9(11,12)13/h2-6H,1H3. The van der Waals surface area contributed by atoms with Gasteiger partial charge >= 0.3 is 21.8 Å². The van der Waals surface area contributed by atoms with Crippen molar-refractivity contribution in [3.63, 3.8) is 0 Å². The molecule has 114 valence electrons. The van der Waals surface area contributed by atoms with E-state index in [-0.39, 0.29) is 5.56 Å². The fraction of sp³-hybridized carbons (Fsp3) is 0.400. The molecule has 0 aliphatic heterocycles. The second-order valence-electron chi connectivity index (χ2n) is 3.76. The molecule has 1 rings (SSSR count). The minimum Gasteiger partial charge on any atom is -0.255 e. The molecule has 0 aromatic heterocycles. The van der Waals surface area contributed by atoms with Gasteiger partial charge in [-0.3, -0.25) is 4.18 Å². The maximum absolute atomic E-state index is 12.4. The molecule has 0 aliphatic carbocycles. The van der Waals surface area contributed by atoms with Gasteiger partial charge in [-0.2, -0.15) is 34.8 Å². The van der Waals surface area contributed by atoms with E-state index in [0.29, 0.717) is 12.1 Å². The molecule has 0 aliphatic rings. The van der Waals surface area contributed by atoms with Crippen LogP contribution in [0.4, 0.5) is 26.3 Å². The van der Waals surface area contributed by atoms with Crippen LogP contribution < -0.4 is 0 Å². The SMILES string of the molecule is CC(OS(=O)(=O)C(F)(F)F)c1cccc(C(F)(F)F)c1. The number of rotatable bonds is 3. The molecule has 0 saturated heterocycles. The topological polar surface area (TPSA) is 43.4 Å². The molecule has 1 atom stereocenters. The maximum Gasteiger partial charge on any atom is 0.523 e. The molecule has 0 N–H and O–H groups in total. The Kier molecular flexibility index (Phi) is 4.39. The van der Waals surface area contributed by atoms with Crippen molar-refractivity contribution in [1.29, 1.82) is 0 Å². The molecule has 0 spiro atoms. The highest BCUT2D eigenvalue weighted by molar-refractivity contribution is 7.87. The van der Waals surface area contributed by atoms with Gasteiger partial charge in [0, 0.05) is 0 Å². The summed E-state index contributed by atoms with van der Waals surface area (Å²) < 4.78 is 98.8. The largest absolute Gasteiger partial charge is 0.523 e. The minimum absolute atomic E-state index is 0.340. The predicted molar refractivity (Wildman–Crippen MR) is 55.9 cm³/mol. The Labute approximate surface area is 110 Å². The van der Waals surface area contributed by atoms with Gasteiger partial charge in [-0.1, -0.05) is 12.1 Å². The van der Waals surface area contributed by atoms with Crippen molar-refractivity contribution >= 4 is 10.1 Å². The van der Waals surface area contributed by atoms with E-state index < -0.39 is 33.5 Å². The Morgan fingerprint density at radius 3 is 2.10 bits per heavy atom. The van der Waals surface area contributed by atoms with E-state index in [0.717, 1.165) is 19.1 Å². The van der Waals surface area contributed by atoms with Crippen LogP contribution in [0.15, 0.2) is 24.3 Å². The van der Waals surface area contributed by atoms with Crippen molar-refractivity contribution in [2.45, 2.75) is 24.7 Å². The van der Waals surface area contributed by atoms with E-state index in [2.05, 4.69) is 4.18 Å². The van der Waals surface area contributed by atoms with Gasteiger partial charge in [-0.25, -0.2) is 0 Å². The first-order valence-electron chi connectivity index (χ1n) is 5.01. The summed E-state index contributed by atoms with van der Waals surface area (Å²) in [6.07, 6.45) is -6.40. The summed E-state index contributed by atoms with van der Waals surface area (Å²) in [6.45, 7) is 0.902. The number of hydrogen-bond donors (Lipinski definition) is 0. The lowest BCUT2D eigenvalue weighted by atomic mass is 10.1. The minimum atomic E-state index is -5.87. The first-order valence-corrected chi connectivity index (χ1v) is 6.42. The second-order valence-corrected chi connectivity index (χ2v) is 5.33. The summed E-state index contributed by atoms with van der Waals surface area (Å²) in [5.41, 5.74) is -7.09. The number of hydrogen-bond acceptors (Lipinski definition) is 3. The van der Waals surface area contributed by atoms with Crippen molar-refractivity contribution < 1.29 is 38.9 Å². The Morgan fingerprint density at radius 2 is 1.65 bits per heavy atom. The molecule has 1 aromatic rings. The van der Waals surface area contributed by atoms with Gasteiger partial charge in [0.2, 0.25) is 0 Å². The zero-order valence-electron chi connectivity index (χ0n) is 9.79. The van der Waals surface area contributed by atoms with Crippen LogP contribution in [0.2, 0.25) is 0 Å². The number of benzene rings is 1. The first-order chi connectivity index (χ1) is 8.84.